The van der Waals surface area contributed by atoms with E-state index in [2.05, 4.69) is 42.3 Å². The minimum Gasteiger partial charge on any atom is -0.383 e. The van der Waals surface area contributed by atoms with Gasteiger partial charge in [0.2, 0.25) is 0 Å². The van der Waals surface area contributed by atoms with E-state index in [0.717, 1.165) is 13.1 Å². The highest BCUT2D eigenvalue weighted by Crippen LogP contribution is 2.20. The summed E-state index contributed by atoms with van der Waals surface area (Å²) >= 11 is 0. The highest BCUT2D eigenvalue weighted by atomic mass is 16.5. The minimum atomic E-state index is 0.247. The van der Waals surface area contributed by atoms with Crippen LogP contribution in [0, 0.1) is 0 Å². The number of hydrogen-bond acceptors (Lipinski definition) is 2. The van der Waals surface area contributed by atoms with Crippen LogP contribution in [0.4, 0.5) is 0 Å². The fourth-order valence-corrected chi connectivity index (χ4v) is 1.91. The summed E-state index contributed by atoms with van der Waals surface area (Å²) in [5.74, 6) is 0. The van der Waals surface area contributed by atoms with Crippen LogP contribution in [-0.4, -0.2) is 31.7 Å². The van der Waals surface area contributed by atoms with Gasteiger partial charge in [-0.2, -0.15) is 0 Å². The minimum absolute atomic E-state index is 0.247. The van der Waals surface area contributed by atoms with Crippen molar-refractivity contribution in [3.8, 4) is 0 Å². The molecule has 0 saturated heterocycles. The van der Waals surface area contributed by atoms with E-state index < -0.39 is 0 Å². The van der Waals surface area contributed by atoms with Crippen LogP contribution in [0.25, 0.3) is 0 Å². The van der Waals surface area contributed by atoms with Gasteiger partial charge in [-0.15, -0.1) is 13.2 Å². The average molecular weight is 231 g/mol. The highest BCUT2D eigenvalue weighted by Gasteiger charge is 2.17. The maximum absolute atomic E-state index is 5.32. The molecule has 2 nitrogen and oxygen atoms in total. The van der Waals surface area contributed by atoms with Crippen LogP contribution in [0.5, 0.6) is 0 Å². The lowest BCUT2D eigenvalue weighted by atomic mass is 10.1. The van der Waals surface area contributed by atoms with Crippen LogP contribution < -0.4 is 0 Å². The molecule has 0 bridgehead atoms. The number of nitrogens with zero attached hydrogens (tertiary/aromatic N) is 1. The van der Waals surface area contributed by atoms with Crippen LogP contribution in [-0.2, 0) is 4.74 Å². The van der Waals surface area contributed by atoms with Crippen LogP contribution in [0.3, 0.4) is 0 Å². The molecule has 0 radical (unpaired) electrons. The van der Waals surface area contributed by atoms with Gasteiger partial charge in [-0.3, -0.25) is 4.90 Å². The van der Waals surface area contributed by atoms with Crippen molar-refractivity contribution in [3.63, 3.8) is 0 Å². The van der Waals surface area contributed by atoms with E-state index in [1.165, 1.54) is 5.56 Å². The summed E-state index contributed by atoms with van der Waals surface area (Å²) in [5, 5.41) is 0. The van der Waals surface area contributed by atoms with E-state index in [1.807, 2.05) is 18.2 Å². The molecule has 17 heavy (non-hydrogen) atoms. The summed E-state index contributed by atoms with van der Waals surface area (Å²) in [6, 6.07) is 10.6. The van der Waals surface area contributed by atoms with Crippen LogP contribution in [0.15, 0.2) is 55.6 Å². The molecule has 0 N–H and O–H groups in total. The third kappa shape index (κ3) is 4.17. The fourth-order valence-electron chi connectivity index (χ4n) is 1.91. The van der Waals surface area contributed by atoms with Gasteiger partial charge in [-0.05, 0) is 5.56 Å². The van der Waals surface area contributed by atoms with E-state index >= 15 is 0 Å². The molecule has 0 heterocycles. The van der Waals surface area contributed by atoms with Crippen LogP contribution in [0.2, 0.25) is 0 Å². The molecule has 0 aromatic heterocycles. The molecular formula is C15H21NO. The van der Waals surface area contributed by atoms with Crippen molar-refractivity contribution in [1.82, 2.24) is 4.90 Å². The Labute approximate surface area is 104 Å². The van der Waals surface area contributed by atoms with Gasteiger partial charge < -0.3 is 4.74 Å². The Morgan fingerprint density at radius 1 is 1.18 bits per heavy atom. The molecule has 0 amide bonds. The van der Waals surface area contributed by atoms with E-state index in [4.69, 9.17) is 4.74 Å². The Morgan fingerprint density at radius 2 is 1.76 bits per heavy atom. The normalized spacial score (nSPS) is 12.4. The van der Waals surface area contributed by atoms with Crippen molar-refractivity contribution in [2.75, 3.05) is 26.8 Å². The van der Waals surface area contributed by atoms with Crippen molar-refractivity contribution < 1.29 is 4.74 Å². The lowest BCUT2D eigenvalue weighted by molar-refractivity contribution is 0.105. The summed E-state index contributed by atoms with van der Waals surface area (Å²) in [7, 11) is 1.73. The molecule has 1 rings (SSSR count). The molecular weight excluding hydrogens is 210 g/mol. The Hall–Kier alpha value is -1.38. The van der Waals surface area contributed by atoms with E-state index in [-0.39, 0.29) is 6.04 Å². The zero-order valence-electron chi connectivity index (χ0n) is 10.5. The summed E-state index contributed by atoms with van der Waals surface area (Å²) in [6.07, 6.45) is 3.82. The molecule has 1 aromatic rings. The molecule has 92 valence electrons. The zero-order valence-corrected chi connectivity index (χ0v) is 10.5. The predicted molar refractivity (Wildman–Crippen MR) is 73.0 cm³/mol. The smallest absolute Gasteiger partial charge is 0.0660 e. The number of rotatable bonds is 8. The van der Waals surface area contributed by atoms with Crippen LogP contribution in [0.1, 0.15) is 11.6 Å². The first-order valence-electron chi connectivity index (χ1n) is 5.83. The number of benzene rings is 1. The first kappa shape index (κ1) is 13.7. The van der Waals surface area contributed by atoms with E-state index in [0.29, 0.717) is 6.61 Å². The Morgan fingerprint density at radius 3 is 2.24 bits per heavy atom. The van der Waals surface area contributed by atoms with Gasteiger partial charge in [0.25, 0.3) is 0 Å². The van der Waals surface area contributed by atoms with Crippen molar-refractivity contribution in [1.29, 1.82) is 0 Å². The molecule has 0 aliphatic carbocycles. The quantitative estimate of drug-likeness (QED) is 0.638. The van der Waals surface area contributed by atoms with E-state index in [1.54, 1.807) is 7.11 Å². The van der Waals surface area contributed by atoms with Gasteiger partial charge in [0.15, 0.2) is 0 Å². The zero-order chi connectivity index (χ0) is 12.5. The summed E-state index contributed by atoms with van der Waals surface area (Å²) in [4.78, 5) is 2.29. The average Bonchev–Trinajstić information content (AvgIpc) is 2.37. The highest BCUT2D eigenvalue weighted by molar-refractivity contribution is 5.19. The predicted octanol–water partition coefficient (Wildman–Crippen LogP) is 3.05. The molecule has 0 fully saturated rings. The van der Waals surface area contributed by atoms with Gasteiger partial charge >= 0.3 is 0 Å². The largest absolute Gasteiger partial charge is 0.383 e. The maximum atomic E-state index is 5.32. The van der Waals surface area contributed by atoms with Crippen LogP contribution >= 0.6 is 0 Å². The van der Waals surface area contributed by atoms with Crippen molar-refractivity contribution in [2.45, 2.75) is 6.04 Å². The maximum Gasteiger partial charge on any atom is 0.0660 e. The first-order valence-corrected chi connectivity index (χ1v) is 5.83. The standard InChI is InChI=1S/C15H21NO/c1-4-11-16(12-5-2)15(13-17-3)14-9-7-6-8-10-14/h4-10,15H,1-2,11-13H2,3H3/t15-/m0/s1. The number of ether oxygens (including phenoxy) is 1. The molecule has 0 unspecified atom stereocenters. The van der Waals surface area contributed by atoms with Crippen molar-refractivity contribution in [3.05, 3.63) is 61.2 Å². The molecule has 0 aliphatic rings. The number of methoxy groups -OCH3 is 1. The fraction of sp³-hybridized carbons (Fsp3) is 0.333. The van der Waals surface area contributed by atoms with Gasteiger partial charge in [-0.1, -0.05) is 42.5 Å². The molecule has 0 saturated carbocycles. The first-order chi connectivity index (χ1) is 8.33. The Bertz CT molecular complexity index is 324. The number of hydrogen-bond donors (Lipinski definition) is 0. The second-order valence-corrected chi connectivity index (χ2v) is 3.91. The summed E-state index contributed by atoms with van der Waals surface area (Å²) in [5.41, 5.74) is 1.26. The molecule has 2 heteroatoms. The van der Waals surface area contributed by atoms with Gasteiger partial charge in [0.05, 0.1) is 12.6 Å². The summed E-state index contributed by atoms with van der Waals surface area (Å²) < 4.78 is 5.32. The molecule has 0 aliphatic heterocycles. The molecule has 1 aromatic carbocycles. The second kappa shape index (κ2) is 7.82. The van der Waals surface area contributed by atoms with Gasteiger partial charge in [0.1, 0.15) is 0 Å². The van der Waals surface area contributed by atoms with Crippen molar-refractivity contribution >= 4 is 0 Å². The Balaban J connectivity index is 2.88. The monoisotopic (exact) mass is 231 g/mol. The third-order valence-electron chi connectivity index (χ3n) is 2.68. The SMILES string of the molecule is C=CCN(CC=C)[C@@H](COC)c1ccccc1. The molecule has 0 spiro atoms. The topological polar surface area (TPSA) is 12.5 Å². The third-order valence-corrected chi connectivity index (χ3v) is 2.68. The Kier molecular flexibility index (Phi) is 6.30. The lowest BCUT2D eigenvalue weighted by Gasteiger charge is -2.29. The van der Waals surface area contributed by atoms with Gasteiger partial charge in [-0.25, -0.2) is 0 Å². The molecule has 1 atom stereocenters. The second-order valence-electron chi connectivity index (χ2n) is 3.91. The van der Waals surface area contributed by atoms with Gasteiger partial charge in [0, 0.05) is 20.2 Å². The van der Waals surface area contributed by atoms with E-state index in [9.17, 15) is 0 Å². The van der Waals surface area contributed by atoms with Crippen molar-refractivity contribution in [2.24, 2.45) is 0 Å². The lowest BCUT2D eigenvalue weighted by Crippen LogP contribution is -2.32. The summed E-state index contributed by atoms with van der Waals surface area (Å²) in [6.45, 7) is 9.93.